The number of amides is 2. The van der Waals surface area contributed by atoms with E-state index in [1.165, 1.54) is 25.0 Å². The smallest absolute Gasteiger partial charge is 0.334 e. The Bertz CT molecular complexity index is 1070. The lowest BCUT2D eigenvalue weighted by Gasteiger charge is -2.33. The Morgan fingerprint density at radius 2 is 1.68 bits per heavy atom. The fourth-order valence-electron chi connectivity index (χ4n) is 5.23. The number of carbonyl (C=O) groups excluding carboxylic acids is 1. The van der Waals surface area contributed by atoms with Gasteiger partial charge in [0.05, 0.1) is 22.8 Å². The van der Waals surface area contributed by atoms with Gasteiger partial charge in [0.25, 0.3) is 0 Å². The molecule has 3 rings (SSSR count). The summed E-state index contributed by atoms with van der Waals surface area (Å²) < 4.78 is 14.6. The van der Waals surface area contributed by atoms with Gasteiger partial charge in [-0.05, 0) is 82.3 Å². The maximum atomic E-state index is 14.6. The number of halogens is 1. The number of dihydropyridines is 1. The quantitative estimate of drug-likeness (QED) is 0.312. The number of urea groups is 1. The highest BCUT2D eigenvalue weighted by Crippen LogP contribution is 2.39. The van der Waals surface area contributed by atoms with Crippen molar-refractivity contribution in [1.29, 1.82) is 0 Å². The van der Waals surface area contributed by atoms with Crippen molar-refractivity contribution in [3.8, 4) is 0 Å². The molecule has 37 heavy (non-hydrogen) atoms. The Balaban J connectivity index is 1.64. The van der Waals surface area contributed by atoms with Crippen molar-refractivity contribution in [3.05, 3.63) is 52.1 Å². The molecule has 0 aromatic heterocycles. The van der Waals surface area contributed by atoms with Gasteiger partial charge in [0.1, 0.15) is 5.82 Å². The van der Waals surface area contributed by atoms with Gasteiger partial charge in [-0.3, -0.25) is 0 Å². The first-order valence-corrected chi connectivity index (χ1v) is 12.7. The fourth-order valence-corrected chi connectivity index (χ4v) is 5.23. The number of allylic oxidation sites excluding steroid dienone is 2. The molecule has 2 aliphatic heterocycles. The predicted molar refractivity (Wildman–Crippen MR) is 139 cm³/mol. The molecular formula is C27H37FN4O5. The molecule has 0 bridgehead atoms. The van der Waals surface area contributed by atoms with Gasteiger partial charge in [-0.2, -0.15) is 0 Å². The van der Waals surface area contributed by atoms with Crippen LogP contribution in [-0.2, 0) is 9.59 Å². The first-order valence-electron chi connectivity index (χ1n) is 12.7. The molecule has 0 saturated carbocycles. The molecule has 202 valence electrons. The van der Waals surface area contributed by atoms with Gasteiger partial charge < -0.3 is 31.1 Å². The third-order valence-corrected chi connectivity index (χ3v) is 7.30. The number of anilines is 1. The van der Waals surface area contributed by atoms with Crippen molar-refractivity contribution in [1.82, 2.24) is 15.5 Å². The number of hydrogen-bond acceptors (Lipinski definition) is 5. The van der Waals surface area contributed by atoms with Crippen LogP contribution in [0.2, 0.25) is 0 Å². The lowest BCUT2D eigenvalue weighted by molar-refractivity contribution is -0.133. The molecular weight excluding hydrogens is 479 g/mol. The first kappa shape index (κ1) is 28.2. The maximum absolute atomic E-state index is 14.6. The Morgan fingerprint density at radius 3 is 2.22 bits per heavy atom. The molecule has 0 atom stereocenters. The molecule has 2 heterocycles. The highest BCUT2D eigenvalue weighted by molar-refractivity contribution is 5.98. The second-order valence-corrected chi connectivity index (χ2v) is 10.1. The summed E-state index contributed by atoms with van der Waals surface area (Å²) in [4.78, 5) is 38.8. The molecule has 9 nitrogen and oxygen atoms in total. The summed E-state index contributed by atoms with van der Waals surface area (Å²) in [5.41, 5.74) is 0.380. The normalized spacial score (nSPS) is 17.7. The van der Waals surface area contributed by atoms with Gasteiger partial charge in [0.15, 0.2) is 0 Å². The largest absolute Gasteiger partial charge is 0.478 e. The van der Waals surface area contributed by atoms with E-state index in [1.54, 1.807) is 13.8 Å². The zero-order valence-electron chi connectivity index (χ0n) is 21.9. The topological polar surface area (TPSA) is 131 Å². The number of piperidine rings is 1. The average molecular weight is 517 g/mol. The Morgan fingerprint density at radius 1 is 1.08 bits per heavy atom. The van der Waals surface area contributed by atoms with E-state index in [0.29, 0.717) is 23.9 Å². The van der Waals surface area contributed by atoms with Crippen LogP contribution in [0.15, 0.2) is 40.7 Å². The van der Waals surface area contributed by atoms with Gasteiger partial charge in [-0.15, -0.1) is 0 Å². The van der Waals surface area contributed by atoms with Gasteiger partial charge in [0, 0.05) is 17.9 Å². The van der Waals surface area contributed by atoms with Crippen molar-refractivity contribution >= 4 is 23.7 Å². The number of nitrogens with one attached hydrogen (secondary N) is 3. The third-order valence-electron chi connectivity index (χ3n) is 7.30. The molecule has 1 aromatic carbocycles. The van der Waals surface area contributed by atoms with E-state index in [-0.39, 0.29) is 22.4 Å². The molecule has 1 aromatic rings. The summed E-state index contributed by atoms with van der Waals surface area (Å²) in [5, 5.41) is 27.6. The molecule has 5 N–H and O–H groups in total. The fraction of sp³-hybridized carbons (Fsp3) is 0.519. The van der Waals surface area contributed by atoms with Crippen LogP contribution < -0.4 is 16.0 Å². The van der Waals surface area contributed by atoms with Crippen molar-refractivity contribution < 1.29 is 29.0 Å². The van der Waals surface area contributed by atoms with Crippen LogP contribution in [0.5, 0.6) is 0 Å². The van der Waals surface area contributed by atoms with Crippen LogP contribution in [0.25, 0.3) is 0 Å². The number of nitrogens with zero attached hydrogens (tertiary/aromatic N) is 1. The van der Waals surface area contributed by atoms with E-state index in [9.17, 15) is 29.0 Å². The van der Waals surface area contributed by atoms with Gasteiger partial charge >= 0.3 is 18.0 Å². The molecule has 2 aliphatic rings. The number of carbonyl (C=O) groups is 3. The van der Waals surface area contributed by atoms with E-state index < -0.39 is 29.7 Å². The molecule has 0 spiro atoms. The van der Waals surface area contributed by atoms with Crippen LogP contribution in [0.4, 0.5) is 14.9 Å². The van der Waals surface area contributed by atoms with Crippen molar-refractivity contribution in [2.45, 2.75) is 52.9 Å². The van der Waals surface area contributed by atoms with Gasteiger partial charge in [-0.1, -0.05) is 19.9 Å². The molecule has 0 unspecified atom stereocenters. The van der Waals surface area contributed by atoms with Gasteiger partial charge in [-0.25, -0.2) is 18.8 Å². The standard InChI is InChI=1S/C27H37FN4O5/c1-15(2)18-8-12-32(13-9-18)11-5-10-29-27(37)31-21-14-19(6-7-20(21)28)24-22(25(33)34)16(3)30-17(4)23(24)26(35)36/h6-7,14-15,18,24,30H,5,8-13H2,1-4H3,(H,33,34)(H,35,36)(H2,29,31,37). The number of carboxylic acid groups (broad SMARTS) is 2. The minimum Gasteiger partial charge on any atom is -0.478 e. The highest BCUT2D eigenvalue weighted by atomic mass is 19.1. The van der Waals surface area contributed by atoms with Crippen molar-refractivity contribution in [2.75, 3.05) is 31.5 Å². The summed E-state index contributed by atoms with van der Waals surface area (Å²) >= 11 is 0. The summed E-state index contributed by atoms with van der Waals surface area (Å²) in [5.74, 6) is -2.95. The number of likely N-dealkylation sites (tertiary alicyclic amines) is 1. The Hall–Kier alpha value is -3.40. The van der Waals surface area contributed by atoms with Gasteiger partial charge in [0.2, 0.25) is 0 Å². The minimum atomic E-state index is -1.29. The summed E-state index contributed by atoms with van der Waals surface area (Å²) in [6.45, 7) is 11.0. The second kappa shape index (κ2) is 12.2. The number of aliphatic carboxylic acids is 2. The maximum Gasteiger partial charge on any atom is 0.334 e. The lowest BCUT2D eigenvalue weighted by atomic mass is 9.80. The summed E-state index contributed by atoms with van der Waals surface area (Å²) in [6, 6.07) is 3.13. The van der Waals surface area contributed by atoms with Crippen molar-refractivity contribution in [2.24, 2.45) is 11.8 Å². The SMILES string of the molecule is CC1=C(C(=O)O)C(c2ccc(F)c(NC(=O)NCCCN3CCC(C(C)C)CC3)c2)C(C(=O)O)=C(C)N1. The number of rotatable bonds is 9. The zero-order chi connectivity index (χ0) is 27.3. The second-order valence-electron chi connectivity index (χ2n) is 10.1. The van der Waals surface area contributed by atoms with Crippen LogP contribution in [0.3, 0.4) is 0 Å². The van der Waals surface area contributed by atoms with Crippen LogP contribution >= 0.6 is 0 Å². The lowest BCUT2D eigenvalue weighted by Crippen LogP contribution is -2.37. The Kier molecular flexibility index (Phi) is 9.31. The average Bonchev–Trinajstić information content (AvgIpc) is 2.82. The number of benzene rings is 1. The number of carboxylic acids is 2. The molecule has 10 heteroatoms. The summed E-state index contributed by atoms with van der Waals surface area (Å²) in [7, 11) is 0. The monoisotopic (exact) mass is 516 g/mol. The molecule has 0 radical (unpaired) electrons. The third kappa shape index (κ3) is 6.88. The van der Waals surface area contributed by atoms with Crippen LogP contribution in [-0.4, -0.2) is 59.3 Å². The number of hydrogen-bond donors (Lipinski definition) is 5. The van der Waals surface area contributed by atoms with Crippen LogP contribution in [0, 0.1) is 17.7 Å². The molecule has 1 fully saturated rings. The van der Waals surface area contributed by atoms with Crippen LogP contribution in [0.1, 0.15) is 58.4 Å². The van der Waals surface area contributed by atoms with Crippen molar-refractivity contribution in [3.63, 3.8) is 0 Å². The van der Waals surface area contributed by atoms with E-state index >= 15 is 0 Å². The summed E-state index contributed by atoms with van der Waals surface area (Å²) in [6.07, 6.45) is 3.14. The van der Waals surface area contributed by atoms with E-state index in [4.69, 9.17) is 0 Å². The highest BCUT2D eigenvalue weighted by Gasteiger charge is 2.36. The minimum absolute atomic E-state index is 0.151. The molecule has 0 aliphatic carbocycles. The zero-order valence-corrected chi connectivity index (χ0v) is 21.9. The Labute approximate surface area is 216 Å². The predicted octanol–water partition coefficient (Wildman–Crippen LogP) is 4.11. The molecule has 1 saturated heterocycles. The van der Waals surface area contributed by atoms with E-state index in [0.717, 1.165) is 38.0 Å². The van der Waals surface area contributed by atoms with E-state index in [1.807, 2.05) is 0 Å². The molecule has 2 amide bonds. The van der Waals surface area contributed by atoms with E-state index in [2.05, 4.69) is 34.7 Å². The first-order chi connectivity index (χ1) is 17.5.